The van der Waals surface area contributed by atoms with Crippen LogP contribution >= 0.6 is 0 Å². The van der Waals surface area contributed by atoms with Gasteiger partial charge in [0.05, 0.1) is 18.9 Å². The second-order valence-corrected chi connectivity index (χ2v) is 8.36. The number of hydrogen-bond acceptors (Lipinski definition) is 10. The van der Waals surface area contributed by atoms with Gasteiger partial charge in [0, 0.05) is 6.42 Å². The summed E-state index contributed by atoms with van der Waals surface area (Å²) in [5.41, 5.74) is 5.53. The standard InChI is InChI=1S/C20H23N5O7/c1-19(2)30-15-14(12-4-5-13-17(21)23-10-24-25(12)13)31-20(22-3,16(15)32-19)9-28-18(26)29-11-6-7-27-8-11/h4-5,10-11,14-16H,6-9H2,1-2H3,(H2,21,23,24)/t11-,14-,15-,16-,20+/m0/s1. The van der Waals surface area contributed by atoms with Crippen molar-refractivity contribution in [3.63, 3.8) is 0 Å². The first-order valence-electron chi connectivity index (χ1n) is 10.2. The van der Waals surface area contributed by atoms with Gasteiger partial charge in [-0.2, -0.15) is 5.10 Å². The van der Waals surface area contributed by atoms with Gasteiger partial charge in [-0.3, -0.25) is 9.58 Å². The Bertz CT molecular complexity index is 1080. The first-order chi connectivity index (χ1) is 15.3. The van der Waals surface area contributed by atoms with Crippen LogP contribution < -0.4 is 5.73 Å². The van der Waals surface area contributed by atoms with E-state index < -0.39 is 36.0 Å². The maximum atomic E-state index is 12.2. The van der Waals surface area contributed by atoms with E-state index in [-0.39, 0.29) is 12.7 Å². The second kappa shape index (κ2) is 7.56. The van der Waals surface area contributed by atoms with Crippen LogP contribution in [0, 0.1) is 6.57 Å². The third-order valence-electron chi connectivity index (χ3n) is 5.74. The number of aromatic nitrogens is 3. The van der Waals surface area contributed by atoms with Gasteiger partial charge in [0.15, 0.2) is 17.7 Å². The number of nitrogens with two attached hydrogens (primary N) is 1. The van der Waals surface area contributed by atoms with Crippen molar-refractivity contribution in [2.75, 3.05) is 25.6 Å². The Hall–Kier alpha value is -2.98. The molecule has 0 saturated carbocycles. The summed E-state index contributed by atoms with van der Waals surface area (Å²) in [5.74, 6) is -0.654. The molecule has 2 aromatic rings. The summed E-state index contributed by atoms with van der Waals surface area (Å²) in [6.07, 6.45) is -1.50. The first-order valence-corrected chi connectivity index (χ1v) is 10.2. The highest BCUT2D eigenvalue weighted by Gasteiger charge is 2.69. The van der Waals surface area contributed by atoms with Crippen LogP contribution in [-0.4, -0.2) is 70.4 Å². The van der Waals surface area contributed by atoms with E-state index in [0.717, 1.165) is 0 Å². The lowest BCUT2D eigenvalue weighted by molar-refractivity contribution is -0.208. The highest BCUT2D eigenvalue weighted by molar-refractivity contribution is 5.65. The van der Waals surface area contributed by atoms with Crippen LogP contribution in [0.15, 0.2) is 18.5 Å². The van der Waals surface area contributed by atoms with Crippen molar-refractivity contribution in [3.8, 4) is 0 Å². The van der Waals surface area contributed by atoms with Crippen molar-refractivity contribution in [1.82, 2.24) is 14.6 Å². The lowest BCUT2D eigenvalue weighted by atomic mass is 10.0. The zero-order valence-corrected chi connectivity index (χ0v) is 17.6. The normalized spacial score (nSPS) is 33.2. The summed E-state index contributed by atoms with van der Waals surface area (Å²) in [6, 6.07) is 3.55. The van der Waals surface area contributed by atoms with E-state index in [1.54, 1.807) is 30.5 Å². The number of fused-ring (bicyclic) bond motifs is 2. The van der Waals surface area contributed by atoms with E-state index in [9.17, 15) is 4.79 Å². The molecule has 0 spiro atoms. The largest absolute Gasteiger partial charge is 0.509 e. The van der Waals surface area contributed by atoms with Crippen molar-refractivity contribution < 1.29 is 33.2 Å². The average molecular weight is 445 g/mol. The van der Waals surface area contributed by atoms with Crippen LogP contribution in [0.2, 0.25) is 0 Å². The Kier molecular flexibility index (Phi) is 4.94. The summed E-state index contributed by atoms with van der Waals surface area (Å²) in [7, 11) is 0. The van der Waals surface area contributed by atoms with Gasteiger partial charge in [-0.1, -0.05) is 0 Å². The molecule has 0 amide bonds. The molecule has 5 atom stereocenters. The zero-order chi connectivity index (χ0) is 22.5. The molecule has 5 heterocycles. The monoisotopic (exact) mass is 445 g/mol. The number of rotatable bonds is 4. The van der Waals surface area contributed by atoms with E-state index in [1.807, 2.05) is 0 Å². The number of nitrogen functional groups attached to an aromatic ring is 1. The van der Waals surface area contributed by atoms with Gasteiger partial charge in [0.1, 0.15) is 30.2 Å². The van der Waals surface area contributed by atoms with Crippen LogP contribution in [0.3, 0.4) is 0 Å². The van der Waals surface area contributed by atoms with E-state index in [1.165, 1.54) is 6.33 Å². The van der Waals surface area contributed by atoms with Crippen LogP contribution in [-0.2, 0) is 28.4 Å². The topological polar surface area (TPSA) is 133 Å². The van der Waals surface area contributed by atoms with Gasteiger partial charge in [-0.15, -0.1) is 0 Å². The molecule has 3 aliphatic rings. The maximum absolute atomic E-state index is 12.2. The molecule has 0 unspecified atom stereocenters. The van der Waals surface area contributed by atoms with Crippen molar-refractivity contribution in [3.05, 3.63) is 35.6 Å². The van der Waals surface area contributed by atoms with Crippen molar-refractivity contribution in [2.24, 2.45) is 0 Å². The fourth-order valence-electron chi connectivity index (χ4n) is 4.31. The summed E-state index contributed by atoms with van der Waals surface area (Å²) < 4.78 is 35.6. The highest BCUT2D eigenvalue weighted by atomic mass is 16.8. The van der Waals surface area contributed by atoms with Crippen LogP contribution in [0.1, 0.15) is 32.1 Å². The summed E-state index contributed by atoms with van der Waals surface area (Å²) >= 11 is 0. The molecule has 2 N–H and O–H groups in total. The Morgan fingerprint density at radius 3 is 2.97 bits per heavy atom. The Balaban J connectivity index is 1.42. The molecule has 3 aliphatic heterocycles. The lowest BCUT2D eigenvalue weighted by Crippen LogP contribution is -2.45. The van der Waals surface area contributed by atoms with E-state index in [0.29, 0.717) is 36.7 Å². The van der Waals surface area contributed by atoms with E-state index in [2.05, 4.69) is 14.9 Å². The van der Waals surface area contributed by atoms with Crippen molar-refractivity contribution >= 4 is 17.5 Å². The van der Waals surface area contributed by atoms with Crippen molar-refractivity contribution in [1.29, 1.82) is 0 Å². The van der Waals surface area contributed by atoms with Crippen LogP contribution in [0.25, 0.3) is 10.4 Å². The Morgan fingerprint density at radius 2 is 2.22 bits per heavy atom. The predicted octanol–water partition coefficient (Wildman–Crippen LogP) is 1.46. The molecule has 12 heteroatoms. The quantitative estimate of drug-likeness (QED) is 0.545. The number of hydrogen-bond donors (Lipinski definition) is 1. The second-order valence-electron chi connectivity index (χ2n) is 8.36. The summed E-state index contributed by atoms with van der Waals surface area (Å²) in [6.45, 7) is 11.8. The van der Waals surface area contributed by atoms with Gasteiger partial charge < -0.3 is 29.4 Å². The lowest BCUT2D eigenvalue weighted by Gasteiger charge is -2.25. The van der Waals surface area contributed by atoms with E-state index in [4.69, 9.17) is 40.7 Å². The molecule has 5 rings (SSSR count). The molecular formula is C20H23N5O7. The molecular weight excluding hydrogens is 422 g/mol. The zero-order valence-electron chi connectivity index (χ0n) is 17.6. The highest BCUT2D eigenvalue weighted by Crippen LogP contribution is 2.50. The maximum Gasteiger partial charge on any atom is 0.509 e. The number of nitrogens with zero attached hydrogens (tertiary/aromatic N) is 4. The molecule has 170 valence electrons. The molecule has 32 heavy (non-hydrogen) atoms. The Morgan fingerprint density at radius 1 is 1.38 bits per heavy atom. The Labute approximate surface area is 183 Å². The number of carbonyl (C=O) groups is 1. The average Bonchev–Trinajstić information content (AvgIpc) is 3.51. The molecule has 3 saturated heterocycles. The van der Waals surface area contributed by atoms with Gasteiger partial charge in [0.25, 0.3) is 0 Å². The first kappa shape index (κ1) is 20.9. The van der Waals surface area contributed by atoms with Gasteiger partial charge >= 0.3 is 11.9 Å². The van der Waals surface area contributed by atoms with Crippen molar-refractivity contribution in [2.45, 2.75) is 56.2 Å². The minimum atomic E-state index is -1.63. The molecule has 2 aromatic heterocycles. The minimum absolute atomic E-state index is 0.308. The van der Waals surface area contributed by atoms with Crippen LogP contribution in [0.4, 0.5) is 10.6 Å². The molecule has 0 bridgehead atoms. The predicted molar refractivity (Wildman–Crippen MR) is 106 cm³/mol. The fraction of sp³-hybridized carbons (Fsp3) is 0.600. The summed E-state index contributed by atoms with van der Waals surface area (Å²) in [4.78, 5) is 19.9. The molecule has 3 fully saturated rings. The molecule has 12 nitrogen and oxygen atoms in total. The minimum Gasteiger partial charge on any atom is -0.428 e. The smallest absolute Gasteiger partial charge is 0.428 e. The van der Waals surface area contributed by atoms with Gasteiger partial charge in [-0.25, -0.2) is 20.9 Å². The molecule has 0 aliphatic carbocycles. The van der Waals surface area contributed by atoms with Crippen LogP contribution in [0.5, 0.6) is 0 Å². The van der Waals surface area contributed by atoms with Gasteiger partial charge in [-0.05, 0) is 26.0 Å². The fourth-order valence-corrected chi connectivity index (χ4v) is 4.31. The van der Waals surface area contributed by atoms with Gasteiger partial charge in [0.2, 0.25) is 6.61 Å². The third kappa shape index (κ3) is 3.43. The molecule has 0 aromatic carbocycles. The third-order valence-corrected chi connectivity index (χ3v) is 5.74. The SMILES string of the molecule is [C-]#[N+][C@]1(COC(=O)O[C@H]2CCOC2)O[C@@H](c2ccc3c(N)ncnn23)[C@@H]2OC(C)(C)O[C@@H]21. The molecule has 0 radical (unpaired) electrons. The van der Waals surface area contributed by atoms with E-state index >= 15 is 0 Å². The summed E-state index contributed by atoms with van der Waals surface area (Å²) in [5, 5.41) is 4.26. The number of carbonyl (C=O) groups excluding carboxylic acids is 1. The number of ether oxygens (including phenoxy) is 6. The number of anilines is 1.